The van der Waals surface area contributed by atoms with E-state index >= 15 is 0 Å². The van der Waals surface area contributed by atoms with Gasteiger partial charge in [-0.2, -0.15) is 0 Å². The lowest BCUT2D eigenvalue weighted by Gasteiger charge is -2.36. The highest BCUT2D eigenvalue weighted by molar-refractivity contribution is 5.85. The van der Waals surface area contributed by atoms with E-state index in [-0.39, 0.29) is 30.3 Å². The summed E-state index contributed by atoms with van der Waals surface area (Å²) in [6.45, 7) is 2.30. The third kappa shape index (κ3) is 7.64. The average molecular weight is 322 g/mol. The Hall–Kier alpha value is -0.850. The summed E-state index contributed by atoms with van der Waals surface area (Å²) in [6, 6.07) is 0.125. The first kappa shape index (κ1) is 20.1. The molecule has 1 atom stereocenters. The number of amides is 2. The predicted molar refractivity (Wildman–Crippen MR) is 84.4 cm³/mol. The molecule has 1 heterocycles. The van der Waals surface area contributed by atoms with Crippen molar-refractivity contribution in [3.05, 3.63) is 0 Å². The van der Waals surface area contributed by atoms with Crippen LogP contribution in [0.1, 0.15) is 38.5 Å². The molecule has 0 spiro atoms. The summed E-state index contributed by atoms with van der Waals surface area (Å²) < 4.78 is 4.97. The Labute approximate surface area is 133 Å². The Bertz CT molecular complexity index is 316. The van der Waals surface area contributed by atoms with E-state index in [0.29, 0.717) is 32.5 Å². The van der Waals surface area contributed by atoms with Crippen molar-refractivity contribution in [3.8, 4) is 0 Å². The Morgan fingerprint density at radius 3 is 2.76 bits per heavy atom. The molecular weight excluding hydrogens is 294 g/mol. The van der Waals surface area contributed by atoms with E-state index in [0.717, 1.165) is 32.2 Å². The molecule has 3 N–H and O–H groups in total. The minimum atomic E-state index is -0.0372. The number of nitrogens with two attached hydrogens (primary N) is 1. The summed E-state index contributed by atoms with van der Waals surface area (Å²) in [5, 5.41) is 2.87. The van der Waals surface area contributed by atoms with Crippen LogP contribution in [-0.2, 0) is 14.3 Å². The van der Waals surface area contributed by atoms with Crippen molar-refractivity contribution in [2.24, 2.45) is 5.73 Å². The van der Waals surface area contributed by atoms with Gasteiger partial charge in [0.05, 0.1) is 0 Å². The maximum absolute atomic E-state index is 12.2. The molecule has 0 aromatic carbocycles. The number of likely N-dealkylation sites (tertiary alicyclic amines) is 1. The van der Waals surface area contributed by atoms with Gasteiger partial charge in [-0.1, -0.05) is 0 Å². The fourth-order valence-corrected chi connectivity index (χ4v) is 2.50. The molecule has 7 heteroatoms. The van der Waals surface area contributed by atoms with E-state index in [1.807, 2.05) is 4.90 Å². The molecule has 2 amide bonds. The maximum atomic E-state index is 12.2. The topological polar surface area (TPSA) is 84.7 Å². The van der Waals surface area contributed by atoms with Crippen LogP contribution < -0.4 is 11.1 Å². The highest BCUT2D eigenvalue weighted by Gasteiger charge is 2.26. The molecule has 1 rings (SSSR count). The lowest BCUT2D eigenvalue weighted by atomic mass is 10.0. The second-order valence-corrected chi connectivity index (χ2v) is 5.18. The predicted octanol–water partition coefficient (Wildman–Crippen LogP) is 0.681. The standard InChI is InChI=1S/C14H27N3O3.ClH/c1-20-10-4-6-14(19)17-9-3-2-5-12(17)11-16-13(18)7-8-15;/h12H,2-11,15H2,1H3,(H,16,18);1H. The second kappa shape index (κ2) is 11.8. The third-order valence-electron chi connectivity index (χ3n) is 3.59. The molecule has 0 aromatic heterocycles. The lowest BCUT2D eigenvalue weighted by Crippen LogP contribution is -2.49. The SMILES string of the molecule is COCCCC(=O)N1CCCCC1CNC(=O)CCN.Cl. The molecule has 1 saturated heterocycles. The Morgan fingerprint density at radius 1 is 1.33 bits per heavy atom. The van der Waals surface area contributed by atoms with Crippen molar-refractivity contribution in [1.82, 2.24) is 10.2 Å². The van der Waals surface area contributed by atoms with Crippen LogP contribution in [0.25, 0.3) is 0 Å². The number of piperidine rings is 1. The fourth-order valence-electron chi connectivity index (χ4n) is 2.50. The van der Waals surface area contributed by atoms with Gasteiger partial charge in [-0.05, 0) is 25.7 Å². The maximum Gasteiger partial charge on any atom is 0.222 e. The van der Waals surface area contributed by atoms with Gasteiger partial charge in [0.25, 0.3) is 0 Å². The quantitative estimate of drug-likeness (QED) is 0.644. The van der Waals surface area contributed by atoms with Crippen LogP contribution in [0.5, 0.6) is 0 Å². The zero-order valence-electron chi connectivity index (χ0n) is 12.8. The van der Waals surface area contributed by atoms with Gasteiger partial charge in [-0.3, -0.25) is 9.59 Å². The number of rotatable bonds is 8. The number of carbonyl (C=O) groups is 2. The van der Waals surface area contributed by atoms with Crippen LogP contribution >= 0.6 is 12.4 Å². The van der Waals surface area contributed by atoms with Crippen molar-refractivity contribution in [3.63, 3.8) is 0 Å². The molecule has 0 bridgehead atoms. The fraction of sp³-hybridized carbons (Fsp3) is 0.857. The van der Waals surface area contributed by atoms with Crippen molar-refractivity contribution >= 4 is 24.2 Å². The molecule has 1 unspecified atom stereocenters. The minimum absolute atomic E-state index is 0. The number of nitrogens with zero attached hydrogens (tertiary/aromatic N) is 1. The van der Waals surface area contributed by atoms with E-state index in [2.05, 4.69) is 5.32 Å². The monoisotopic (exact) mass is 321 g/mol. The van der Waals surface area contributed by atoms with Crippen molar-refractivity contribution in [1.29, 1.82) is 0 Å². The van der Waals surface area contributed by atoms with Gasteiger partial charge >= 0.3 is 0 Å². The molecule has 0 aliphatic carbocycles. The normalized spacial score (nSPS) is 18.0. The summed E-state index contributed by atoms with van der Waals surface area (Å²) in [5.74, 6) is 0.129. The summed E-state index contributed by atoms with van der Waals surface area (Å²) in [7, 11) is 1.64. The van der Waals surface area contributed by atoms with Crippen LogP contribution in [0, 0.1) is 0 Å². The van der Waals surface area contributed by atoms with Gasteiger partial charge in [0.2, 0.25) is 11.8 Å². The Balaban J connectivity index is 0.00000400. The Kier molecular flexibility index (Phi) is 11.3. The molecule has 0 saturated carbocycles. The van der Waals surface area contributed by atoms with Crippen molar-refractivity contribution in [2.45, 2.75) is 44.6 Å². The first-order valence-corrected chi connectivity index (χ1v) is 7.44. The molecule has 21 heavy (non-hydrogen) atoms. The van der Waals surface area contributed by atoms with Crippen LogP contribution in [0.15, 0.2) is 0 Å². The van der Waals surface area contributed by atoms with Crippen LogP contribution in [0.3, 0.4) is 0 Å². The van der Waals surface area contributed by atoms with E-state index in [1.54, 1.807) is 7.11 Å². The van der Waals surface area contributed by atoms with Crippen molar-refractivity contribution < 1.29 is 14.3 Å². The summed E-state index contributed by atoms with van der Waals surface area (Å²) in [5.41, 5.74) is 5.34. The largest absolute Gasteiger partial charge is 0.385 e. The molecule has 1 fully saturated rings. The van der Waals surface area contributed by atoms with Gasteiger partial charge in [0, 0.05) is 52.2 Å². The number of hydrogen-bond donors (Lipinski definition) is 2. The van der Waals surface area contributed by atoms with E-state index in [1.165, 1.54) is 0 Å². The number of methoxy groups -OCH3 is 1. The summed E-state index contributed by atoms with van der Waals surface area (Å²) in [4.78, 5) is 25.6. The van der Waals surface area contributed by atoms with Crippen molar-refractivity contribution in [2.75, 3.05) is 33.4 Å². The third-order valence-corrected chi connectivity index (χ3v) is 3.59. The molecule has 0 aromatic rings. The van der Waals surface area contributed by atoms with Gasteiger partial charge in [-0.15, -0.1) is 12.4 Å². The van der Waals surface area contributed by atoms with E-state index in [9.17, 15) is 9.59 Å². The number of halogens is 1. The smallest absolute Gasteiger partial charge is 0.222 e. The van der Waals surface area contributed by atoms with Crippen LogP contribution in [0.4, 0.5) is 0 Å². The highest BCUT2D eigenvalue weighted by Crippen LogP contribution is 2.18. The average Bonchev–Trinajstić information content (AvgIpc) is 2.46. The number of hydrogen-bond acceptors (Lipinski definition) is 4. The zero-order valence-corrected chi connectivity index (χ0v) is 13.6. The lowest BCUT2D eigenvalue weighted by molar-refractivity contribution is -0.135. The van der Waals surface area contributed by atoms with Crippen LogP contribution in [0.2, 0.25) is 0 Å². The molecular formula is C14H28ClN3O3. The van der Waals surface area contributed by atoms with Crippen LogP contribution in [-0.4, -0.2) is 56.1 Å². The summed E-state index contributed by atoms with van der Waals surface area (Å²) >= 11 is 0. The molecule has 1 aliphatic rings. The van der Waals surface area contributed by atoms with Gasteiger partial charge in [0.1, 0.15) is 0 Å². The first-order valence-electron chi connectivity index (χ1n) is 7.44. The molecule has 1 aliphatic heterocycles. The number of nitrogens with one attached hydrogen (secondary N) is 1. The van der Waals surface area contributed by atoms with Gasteiger partial charge in [0.15, 0.2) is 0 Å². The second-order valence-electron chi connectivity index (χ2n) is 5.18. The van der Waals surface area contributed by atoms with E-state index in [4.69, 9.17) is 10.5 Å². The highest BCUT2D eigenvalue weighted by atomic mass is 35.5. The summed E-state index contributed by atoms with van der Waals surface area (Å²) in [6.07, 6.45) is 4.72. The molecule has 0 radical (unpaired) electrons. The zero-order chi connectivity index (χ0) is 14.8. The van der Waals surface area contributed by atoms with E-state index < -0.39 is 0 Å². The Morgan fingerprint density at radius 2 is 2.10 bits per heavy atom. The number of ether oxygens (including phenoxy) is 1. The van der Waals surface area contributed by atoms with Gasteiger partial charge in [-0.25, -0.2) is 0 Å². The molecule has 124 valence electrons. The molecule has 6 nitrogen and oxygen atoms in total. The minimum Gasteiger partial charge on any atom is -0.385 e. The number of carbonyl (C=O) groups excluding carboxylic acids is 2. The first-order chi connectivity index (χ1) is 9.69. The van der Waals surface area contributed by atoms with Gasteiger partial charge < -0.3 is 20.7 Å².